The fourth-order valence-electron chi connectivity index (χ4n) is 3.47. The standard InChI is InChI=1S/C26H22ClNO3/c1-17-6-8-18(9-7-17)16-31-25-13-10-19-4-2-3-5-21(19)23(25)15-28-20-11-12-22(26(29)30)24(27)14-20/h2-14,28H,15-16H2,1H3,(H,29,30). The van der Waals surface area contributed by atoms with Gasteiger partial charge >= 0.3 is 5.97 Å². The monoisotopic (exact) mass is 431 g/mol. The zero-order valence-corrected chi connectivity index (χ0v) is 17.8. The van der Waals surface area contributed by atoms with Gasteiger partial charge in [0.05, 0.1) is 10.6 Å². The van der Waals surface area contributed by atoms with Gasteiger partial charge in [0, 0.05) is 17.8 Å². The Labute approximate surface area is 186 Å². The van der Waals surface area contributed by atoms with Gasteiger partial charge in [0.25, 0.3) is 0 Å². The molecule has 0 aliphatic heterocycles. The van der Waals surface area contributed by atoms with Crippen LogP contribution in [0.1, 0.15) is 27.0 Å². The number of hydrogen-bond donors (Lipinski definition) is 2. The molecule has 2 N–H and O–H groups in total. The smallest absolute Gasteiger partial charge is 0.337 e. The normalized spacial score (nSPS) is 10.8. The molecule has 0 heterocycles. The number of rotatable bonds is 7. The van der Waals surface area contributed by atoms with Gasteiger partial charge in [0.15, 0.2) is 0 Å². The molecule has 0 bridgehead atoms. The maximum atomic E-state index is 11.2. The van der Waals surface area contributed by atoms with Gasteiger partial charge in [-0.05, 0) is 47.5 Å². The number of carboxylic acid groups (broad SMARTS) is 1. The van der Waals surface area contributed by atoms with Crippen LogP contribution in [-0.4, -0.2) is 11.1 Å². The first-order chi connectivity index (χ1) is 15.0. The lowest BCUT2D eigenvalue weighted by Crippen LogP contribution is -2.05. The van der Waals surface area contributed by atoms with Crippen molar-refractivity contribution in [3.8, 4) is 5.75 Å². The van der Waals surface area contributed by atoms with Crippen molar-refractivity contribution in [2.45, 2.75) is 20.1 Å². The summed E-state index contributed by atoms with van der Waals surface area (Å²) in [6, 6.07) is 25.4. The molecule has 0 saturated heterocycles. The molecule has 4 aromatic carbocycles. The Bertz CT molecular complexity index is 1240. The van der Waals surface area contributed by atoms with Crippen molar-refractivity contribution in [1.29, 1.82) is 0 Å². The highest BCUT2D eigenvalue weighted by Gasteiger charge is 2.12. The Morgan fingerprint density at radius 1 is 1.00 bits per heavy atom. The number of carboxylic acids is 1. The number of hydrogen-bond acceptors (Lipinski definition) is 3. The van der Waals surface area contributed by atoms with Crippen molar-refractivity contribution >= 4 is 34.0 Å². The summed E-state index contributed by atoms with van der Waals surface area (Å²) < 4.78 is 6.19. The first-order valence-corrected chi connectivity index (χ1v) is 10.3. The van der Waals surface area contributed by atoms with Crippen LogP contribution in [0.4, 0.5) is 5.69 Å². The molecule has 0 aliphatic rings. The summed E-state index contributed by atoms with van der Waals surface area (Å²) >= 11 is 6.12. The van der Waals surface area contributed by atoms with E-state index >= 15 is 0 Å². The maximum Gasteiger partial charge on any atom is 0.337 e. The van der Waals surface area contributed by atoms with Crippen LogP contribution in [0, 0.1) is 6.92 Å². The number of aromatic carboxylic acids is 1. The van der Waals surface area contributed by atoms with Gasteiger partial charge in [-0.2, -0.15) is 0 Å². The highest BCUT2D eigenvalue weighted by Crippen LogP contribution is 2.30. The lowest BCUT2D eigenvalue weighted by molar-refractivity contribution is 0.0697. The molecule has 0 fully saturated rings. The number of halogens is 1. The molecule has 4 nitrogen and oxygen atoms in total. The van der Waals surface area contributed by atoms with Gasteiger partial charge in [0.1, 0.15) is 12.4 Å². The SMILES string of the molecule is Cc1ccc(COc2ccc3ccccc3c2CNc2ccc(C(=O)O)c(Cl)c2)cc1. The lowest BCUT2D eigenvalue weighted by atomic mass is 10.0. The van der Waals surface area contributed by atoms with E-state index < -0.39 is 5.97 Å². The fraction of sp³-hybridized carbons (Fsp3) is 0.115. The minimum Gasteiger partial charge on any atom is -0.489 e. The number of fused-ring (bicyclic) bond motifs is 1. The van der Waals surface area contributed by atoms with Crippen molar-refractivity contribution in [3.63, 3.8) is 0 Å². The molecular weight excluding hydrogens is 410 g/mol. The van der Waals surface area contributed by atoms with E-state index in [4.69, 9.17) is 21.4 Å². The summed E-state index contributed by atoms with van der Waals surface area (Å²) in [5.74, 6) is -0.238. The van der Waals surface area contributed by atoms with E-state index in [2.05, 4.69) is 54.7 Å². The second-order valence-corrected chi connectivity index (χ2v) is 7.80. The van der Waals surface area contributed by atoms with Crippen LogP contribution >= 0.6 is 11.6 Å². The van der Waals surface area contributed by atoms with E-state index in [1.165, 1.54) is 11.6 Å². The molecule has 0 unspecified atom stereocenters. The molecule has 0 spiro atoms. The Kier molecular flexibility index (Phi) is 6.10. The van der Waals surface area contributed by atoms with Gasteiger partial charge in [-0.25, -0.2) is 4.79 Å². The van der Waals surface area contributed by atoms with Gasteiger partial charge in [-0.3, -0.25) is 0 Å². The molecule has 4 rings (SSSR count). The van der Waals surface area contributed by atoms with Crippen LogP contribution in [0.15, 0.2) is 78.9 Å². The topological polar surface area (TPSA) is 58.6 Å². The number of benzene rings is 4. The second-order valence-electron chi connectivity index (χ2n) is 7.39. The second kappa shape index (κ2) is 9.11. The van der Waals surface area contributed by atoms with Crippen LogP contribution < -0.4 is 10.1 Å². The molecular formula is C26H22ClNO3. The molecule has 4 aromatic rings. The Morgan fingerprint density at radius 2 is 1.77 bits per heavy atom. The van der Waals surface area contributed by atoms with E-state index in [0.717, 1.165) is 33.3 Å². The van der Waals surface area contributed by atoms with Crippen LogP contribution in [-0.2, 0) is 13.2 Å². The van der Waals surface area contributed by atoms with Gasteiger partial charge in [-0.15, -0.1) is 0 Å². The van der Waals surface area contributed by atoms with Crippen LogP contribution in [0.3, 0.4) is 0 Å². The molecule has 0 atom stereocenters. The van der Waals surface area contributed by atoms with Crippen molar-refractivity contribution in [2.24, 2.45) is 0 Å². The van der Waals surface area contributed by atoms with Crippen LogP contribution in [0.2, 0.25) is 5.02 Å². The van der Waals surface area contributed by atoms with E-state index in [9.17, 15) is 4.79 Å². The zero-order valence-electron chi connectivity index (χ0n) is 17.1. The molecule has 31 heavy (non-hydrogen) atoms. The molecule has 156 valence electrons. The van der Waals surface area contributed by atoms with E-state index in [1.807, 2.05) is 18.2 Å². The Balaban J connectivity index is 1.60. The molecule has 0 aromatic heterocycles. The molecule has 0 saturated carbocycles. The molecule has 0 radical (unpaired) electrons. The first kappa shape index (κ1) is 20.8. The number of carbonyl (C=O) groups is 1. The third kappa shape index (κ3) is 4.81. The molecule has 0 aliphatic carbocycles. The third-order valence-corrected chi connectivity index (χ3v) is 5.49. The van der Waals surface area contributed by atoms with Crippen molar-refractivity contribution in [1.82, 2.24) is 0 Å². The van der Waals surface area contributed by atoms with Gasteiger partial charge in [-0.1, -0.05) is 71.8 Å². The predicted octanol–water partition coefficient (Wildman–Crippen LogP) is 6.69. The highest BCUT2D eigenvalue weighted by atomic mass is 35.5. The lowest BCUT2D eigenvalue weighted by Gasteiger charge is -2.16. The number of anilines is 1. The summed E-state index contributed by atoms with van der Waals surface area (Å²) in [5, 5.41) is 14.9. The quantitative estimate of drug-likeness (QED) is 0.342. The maximum absolute atomic E-state index is 11.2. The van der Waals surface area contributed by atoms with E-state index in [0.29, 0.717) is 13.2 Å². The first-order valence-electron chi connectivity index (χ1n) is 9.97. The van der Waals surface area contributed by atoms with Crippen molar-refractivity contribution in [2.75, 3.05) is 5.32 Å². The predicted molar refractivity (Wildman–Crippen MR) is 125 cm³/mol. The Morgan fingerprint density at radius 3 is 2.52 bits per heavy atom. The average Bonchev–Trinajstić information content (AvgIpc) is 2.77. The van der Waals surface area contributed by atoms with Crippen LogP contribution in [0.25, 0.3) is 10.8 Å². The zero-order chi connectivity index (χ0) is 21.8. The third-order valence-electron chi connectivity index (χ3n) is 5.18. The number of nitrogens with one attached hydrogen (secondary N) is 1. The average molecular weight is 432 g/mol. The van der Waals surface area contributed by atoms with E-state index in [1.54, 1.807) is 12.1 Å². The summed E-state index contributed by atoms with van der Waals surface area (Å²) in [7, 11) is 0. The van der Waals surface area contributed by atoms with Crippen molar-refractivity contribution in [3.05, 3.63) is 106 Å². The number of aryl methyl sites for hydroxylation is 1. The minimum atomic E-state index is -1.04. The van der Waals surface area contributed by atoms with E-state index in [-0.39, 0.29) is 10.6 Å². The summed E-state index contributed by atoms with van der Waals surface area (Å²) in [5.41, 5.74) is 4.18. The summed E-state index contributed by atoms with van der Waals surface area (Å²) in [6.45, 7) is 3.05. The minimum absolute atomic E-state index is 0.0829. The number of ether oxygens (including phenoxy) is 1. The summed E-state index contributed by atoms with van der Waals surface area (Å²) in [4.78, 5) is 11.2. The summed E-state index contributed by atoms with van der Waals surface area (Å²) in [6.07, 6.45) is 0. The Hall–Kier alpha value is -3.50. The highest BCUT2D eigenvalue weighted by molar-refractivity contribution is 6.33. The van der Waals surface area contributed by atoms with Gasteiger partial charge in [0.2, 0.25) is 0 Å². The van der Waals surface area contributed by atoms with Crippen molar-refractivity contribution < 1.29 is 14.6 Å². The van der Waals surface area contributed by atoms with Crippen LogP contribution in [0.5, 0.6) is 5.75 Å². The molecule has 0 amide bonds. The fourth-order valence-corrected chi connectivity index (χ4v) is 3.73. The van der Waals surface area contributed by atoms with Gasteiger partial charge < -0.3 is 15.2 Å². The largest absolute Gasteiger partial charge is 0.489 e. The molecule has 5 heteroatoms.